The van der Waals surface area contributed by atoms with Crippen LogP contribution in [0.15, 0.2) is 22.7 Å². The average molecular weight is 360 g/mol. The van der Waals surface area contributed by atoms with Gasteiger partial charge in [-0.2, -0.15) is 0 Å². The van der Waals surface area contributed by atoms with Crippen LogP contribution in [0.4, 0.5) is 4.39 Å². The number of hydrogen-bond acceptors (Lipinski definition) is 3. The van der Waals surface area contributed by atoms with Gasteiger partial charge in [0.2, 0.25) is 0 Å². The maximum atomic E-state index is 13.8. The fraction of sp³-hybridized carbons (Fsp3) is 0.286. The third-order valence-corrected chi connectivity index (χ3v) is 4.08. The Balaban J connectivity index is 2.55. The minimum Gasteiger partial charge on any atom is -0.494 e. The van der Waals surface area contributed by atoms with Crippen LogP contribution in [0.5, 0.6) is 5.75 Å². The van der Waals surface area contributed by atoms with Crippen molar-refractivity contribution in [3.63, 3.8) is 0 Å². The molecule has 6 heteroatoms. The minimum atomic E-state index is -0.460. The molecule has 0 amide bonds. The minimum absolute atomic E-state index is 0.173. The van der Waals surface area contributed by atoms with Crippen molar-refractivity contribution in [2.75, 3.05) is 7.11 Å². The molecular weight excluding hydrogens is 347 g/mol. The molecule has 0 bridgehead atoms. The quantitative estimate of drug-likeness (QED) is 0.736. The van der Waals surface area contributed by atoms with E-state index in [1.54, 1.807) is 12.1 Å². The van der Waals surface area contributed by atoms with Gasteiger partial charge in [-0.15, -0.1) is 0 Å². The SMILES string of the molecule is COc1ccc(-c2nc(Cl)c(Br)c(C(C)C)n2)cc1F. The van der Waals surface area contributed by atoms with Gasteiger partial charge in [-0.25, -0.2) is 14.4 Å². The fourth-order valence-electron chi connectivity index (χ4n) is 1.75. The van der Waals surface area contributed by atoms with Gasteiger partial charge in [0.1, 0.15) is 5.15 Å². The lowest BCUT2D eigenvalue weighted by atomic mass is 10.1. The summed E-state index contributed by atoms with van der Waals surface area (Å²) in [5.74, 6) is 0.287. The first-order chi connectivity index (χ1) is 9.43. The summed E-state index contributed by atoms with van der Waals surface area (Å²) in [5, 5.41) is 0.315. The van der Waals surface area contributed by atoms with E-state index in [9.17, 15) is 4.39 Å². The molecule has 2 aromatic rings. The van der Waals surface area contributed by atoms with Gasteiger partial charge in [0.25, 0.3) is 0 Å². The predicted octanol–water partition coefficient (Wildman–Crippen LogP) is 4.83. The molecule has 0 fully saturated rings. The van der Waals surface area contributed by atoms with Crippen molar-refractivity contribution in [2.45, 2.75) is 19.8 Å². The van der Waals surface area contributed by atoms with Crippen LogP contribution >= 0.6 is 27.5 Å². The van der Waals surface area contributed by atoms with Gasteiger partial charge in [0, 0.05) is 5.56 Å². The lowest BCUT2D eigenvalue weighted by Crippen LogP contribution is -2.01. The first-order valence-electron chi connectivity index (χ1n) is 6.01. The van der Waals surface area contributed by atoms with Crippen LogP contribution in [-0.2, 0) is 0 Å². The number of hydrogen-bond donors (Lipinski definition) is 0. The first kappa shape index (κ1) is 15.2. The summed E-state index contributed by atoms with van der Waals surface area (Å²) >= 11 is 9.47. The van der Waals surface area contributed by atoms with E-state index in [0.717, 1.165) is 5.69 Å². The normalized spacial score (nSPS) is 10.9. The maximum absolute atomic E-state index is 13.8. The predicted molar refractivity (Wildman–Crippen MR) is 80.8 cm³/mol. The van der Waals surface area contributed by atoms with E-state index in [0.29, 0.717) is 21.0 Å². The van der Waals surface area contributed by atoms with Gasteiger partial charge in [-0.3, -0.25) is 0 Å². The molecule has 0 saturated carbocycles. The van der Waals surface area contributed by atoms with Crippen molar-refractivity contribution in [3.8, 4) is 17.1 Å². The number of aromatic nitrogens is 2. The largest absolute Gasteiger partial charge is 0.494 e. The van der Waals surface area contributed by atoms with Crippen molar-refractivity contribution < 1.29 is 9.13 Å². The highest BCUT2D eigenvalue weighted by Gasteiger charge is 2.15. The lowest BCUT2D eigenvalue weighted by Gasteiger charge is -2.11. The smallest absolute Gasteiger partial charge is 0.165 e. The summed E-state index contributed by atoms with van der Waals surface area (Å²) in [7, 11) is 1.42. The van der Waals surface area contributed by atoms with Crippen molar-refractivity contribution in [3.05, 3.63) is 39.3 Å². The van der Waals surface area contributed by atoms with Gasteiger partial charge in [-0.1, -0.05) is 25.4 Å². The summed E-state index contributed by atoms with van der Waals surface area (Å²) in [6.45, 7) is 4.00. The standard InChI is InChI=1S/C14H13BrClFN2O/c1-7(2)12-11(15)13(16)19-14(18-12)8-4-5-10(20-3)9(17)6-8/h4-7H,1-3H3. The van der Waals surface area contributed by atoms with E-state index < -0.39 is 5.82 Å². The second-order valence-electron chi connectivity index (χ2n) is 4.54. The number of ether oxygens (including phenoxy) is 1. The Morgan fingerprint density at radius 3 is 2.55 bits per heavy atom. The highest BCUT2D eigenvalue weighted by Crippen LogP contribution is 2.32. The molecule has 0 atom stereocenters. The Kier molecular flexibility index (Phi) is 4.60. The molecule has 1 aromatic carbocycles. The van der Waals surface area contributed by atoms with E-state index in [1.807, 2.05) is 13.8 Å². The molecular formula is C14H13BrClFN2O. The summed E-state index contributed by atoms with van der Waals surface area (Å²) in [6, 6.07) is 4.58. The Labute approximate surface area is 130 Å². The molecule has 0 aliphatic rings. The summed E-state index contributed by atoms with van der Waals surface area (Å²) in [6.07, 6.45) is 0. The number of rotatable bonds is 3. The van der Waals surface area contributed by atoms with Crippen molar-refractivity contribution in [1.82, 2.24) is 9.97 Å². The van der Waals surface area contributed by atoms with Crippen LogP contribution in [0.1, 0.15) is 25.5 Å². The Morgan fingerprint density at radius 2 is 2.00 bits per heavy atom. The van der Waals surface area contributed by atoms with Gasteiger partial charge >= 0.3 is 0 Å². The highest BCUT2D eigenvalue weighted by molar-refractivity contribution is 9.10. The molecule has 0 unspecified atom stereocenters. The van der Waals surface area contributed by atoms with Gasteiger partial charge in [0.15, 0.2) is 17.4 Å². The zero-order valence-corrected chi connectivity index (χ0v) is 13.6. The van der Waals surface area contributed by atoms with Crippen LogP contribution in [0.25, 0.3) is 11.4 Å². The maximum Gasteiger partial charge on any atom is 0.165 e. The van der Waals surface area contributed by atoms with E-state index >= 15 is 0 Å². The third kappa shape index (κ3) is 2.94. The topological polar surface area (TPSA) is 35.0 Å². The van der Waals surface area contributed by atoms with Gasteiger partial charge in [0.05, 0.1) is 17.3 Å². The molecule has 106 valence electrons. The Bertz CT molecular complexity index is 649. The zero-order valence-electron chi connectivity index (χ0n) is 11.2. The van der Waals surface area contributed by atoms with E-state index in [4.69, 9.17) is 16.3 Å². The molecule has 20 heavy (non-hydrogen) atoms. The van der Waals surface area contributed by atoms with Gasteiger partial charge in [-0.05, 0) is 40.0 Å². The molecule has 0 N–H and O–H groups in total. The molecule has 0 aliphatic heterocycles. The molecule has 1 heterocycles. The van der Waals surface area contributed by atoms with Crippen LogP contribution in [0, 0.1) is 5.82 Å². The van der Waals surface area contributed by atoms with E-state index in [-0.39, 0.29) is 11.7 Å². The number of benzene rings is 1. The molecule has 0 spiro atoms. The van der Waals surface area contributed by atoms with Crippen LogP contribution in [0.2, 0.25) is 5.15 Å². The second kappa shape index (κ2) is 6.06. The van der Waals surface area contributed by atoms with E-state index in [1.165, 1.54) is 13.2 Å². The second-order valence-corrected chi connectivity index (χ2v) is 5.69. The fourth-order valence-corrected chi connectivity index (χ4v) is 2.57. The van der Waals surface area contributed by atoms with Crippen molar-refractivity contribution >= 4 is 27.5 Å². The monoisotopic (exact) mass is 358 g/mol. The molecule has 3 nitrogen and oxygen atoms in total. The Hall–Kier alpha value is -1.20. The highest BCUT2D eigenvalue weighted by atomic mass is 79.9. The number of nitrogens with zero attached hydrogens (tertiary/aromatic N) is 2. The molecule has 0 saturated heterocycles. The summed E-state index contributed by atoms with van der Waals surface area (Å²) < 4.78 is 19.3. The number of methoxy groups -OCH3 is 1. The molecule has 0 radical (unpaired) electrons. The summed E-state index contributed by atoms with van der Waals surface area (Å²) in [5.41, 5.74) is 1.34. The van der Waals surface area contributed by atoms with Crippen molar-refractivity contribution in [1.29, 1.82) is 0 Å². The zero-order chi connectivity index (χ0) is 14.9. The van der Waals surface area contributed by atoms with Crippen LogP contribution in [-0.4, -0.2) is 17.1 Å². The molecule has 1 aromatic heterocycles. The van der Waals surface area contributed by atoms with Crippen LogP contribution < -0.4 is 4.74 Å². The molecule has 2 rings (SSSR count). The number of halogens is 3. The van der Waals surface area contributed by atoms with Crippen LogP contribution in [0.3, 0.4) is 0 Å². The van der Waals surface area contributed by atoms with Gasteiger partial charge < -0.3 is 4.74 Å². The molecule has 0 aliphatic carbocycles. The first-order valence-corrected chi connectivity index (χ1v) is 7.18. The Morgan fingerprint density at radius 1 is 1.30 bits per heavy atom. The van der Waals surface area contributed by atoms with Crippen molar-refractivity contribution in [2.24, 2.45) is 0 Å². The average Bonchev–Trinajstić information content (AvgIpc) is 2.41. The van der Waals surface area contributed by atoms with E-state index in [2.05, 4.69) is 25.9 Å². The lowest BCUT2D eigenvalue weighted by molar-refractivity contribution is 0.386. The third-order valence-electron chi connectivity index (χ3n) is 2.79. The summed E-state index contributed by atoms with van der Waals surface area (Å²) in [4.78, 5) is 8.63.